The third-order valence-electron chi connectivity index (χ3n) is 3.33. The predicted molar refractivity (Wildman–Crippen MR) is 89.7 cm³/mol. The largest absolute Gasteiger partial charge is 0.660 e. The number of carbonyl (C=O) groups is 1. The van der Waals surface area contributed by atoms with Gasteiger partial charge in [0.2, 0.25) is 0 Å². The smallest absolute Gasteiger partial charge is 0.138 e. The first-order chi connectivity index (χ1) is 11.3. The third-order valence-corrected chi connectivity index (χ3v) is 3.33. The van der Waals surface area contributed by atoms with Gasteiger partial charge in [-0.2, -0.15) is 35.6 Å². The molecule has 4 aromatic rings. The topological polar surface area (TPSA) is 49.0 Å². The number of hydrogen-bond acceptors (Lipinski definition) is 2. The first-order valence-electron chi connectivity index (χ1n) is 7.24. The number of Topliss-reactive ketones (excluding diaryl/α,β-unsaturated/α-hetero) is 1. The molecule has 0 aliphatic heterocycles. The number of benzene rings is 2. The number of fused-ring (bicyclic) bond motifs is 1. The van der Waals surface area contributed by atoms with Gasteiger partial charge < -0.3 is 4.98 Å². The molecule has 0 saturated heterocycles. The molecule has 0 aliphatic carbocycles. The summed E-state index contributed by atoms with van der Waals surface area (Å²) in [6.07, 6.45) is 5.37. The molecule has 0 N–H and O–H groups in total. The van der Waals surface area contributed by atoms with E-state index in [0.29, 0.717) is 5.69 Å². The molecule has 0 aliphatic rings. The van der Waals surface area contributed by atoms with Crippen molar-refractivity contribution in [3.63, 3.8) is 0 Å². The molecular formula is C19H15IrN3O-2. The Labute approximate surface area is 153 Å². The van der Waals surface area contributed by atoms with Crippen molar-refractivity contribution < 1.29 is 24.9 Å². The standard InChI is InChI=1S/C10H9NO.C9H7N2.Ir/c1-7(12)10-9-5-3-2-4-8(9)6-11-10;1-2-5-9(6-3-1)11-8-4-7-10-11;/h2-6H,1H3,(H,11,12);1-5,7-8H;/q;-1;/p-1. The van der Waals surface area contributed by atoms with E-state index in [1.807, 2.05) is 60.8 Å². The van der Waals surface area contributed by atoms with E-state index in [4.69, 9.17) is 0 Å². The minimum Gasteiger partial charge on any atom is -0.660 e. The molecule has 2 aromatic carbocycles. The maximum absolute atomic E-state index is 11.1. The average Bonchev–Trinajstić information content (AvgIpc) is 3.26. The molecule has 0 spiro atoms. The van der Waals surface area contributed by atoms with E-state index in [9.17, 15) is 4.79 Å². The molecule has 0 amide bonds. The molecule has 0 bridgehead atoms. The van der Waals surface area contributed by atoms with Crippen LogP contribution in [0.5, 0.6) is 0 Å². The van der Waals surface area contributed by atoms with Gasteiger partial charge in [0, 0.05) is 32.5 Å². The number of ketones is 1. The third kappa shape index (κ3) is 4.07. The fourth-order valence-corrected chi connectivity index (χ4v) is 2.25. The van der Waals surface area contributed by atoms with Crippen molar-refractivity contribution in [3.05, 3.63) is 84.9 Å². The van der Waals surface area contributed by atoms with Crippen LogP contribution in [0.2, 0.25) is 0 Å². The first-order valence-corrected chi connectivity index (χ1v) is 7.24. The summed E-state index contributed by atoms with van der Waals surface area (Å²) in [4.78, 5) is 15.1. The Hall–Kier alpha value is -2.49. The second-order valence-corrected chi connectivity index (χ2v) is 4.95. The molecule has 0 saturated carbocycles. The number of hydrogen-bond donors (Lipinski definition) is 0. The van der Waals surface area contributed by atoms with E-state index in [0.717, 1.165) is 16.5 Å². The Morgan fingerprint density at radius 3 is 2.58 bits per heavy atom. The summed E-state index contributed by atoms with van der Waals surface area (Å²) in [6, 6.07) is 20.4. The van der Waals surface area contributed by atoms with Crippen molar-refractivity contribution in [3.8, 4) is 5.69 Å². The van der Waals surface area contributed by atoms with E-state index in [2.05, 4.69) is 16.1 Å². The number of rotatable bonds is 2. The SMILES string of the molecule is CC(=O)c1[n-]cc2ccccc12.[Ir].[c-]1ccccc1-n1cccn1. The molecule has 1 radical (unpaired) electrons. The van der Waals surface area contributed by atoms with Crippen LogP contribution < -0.4 is 4.98 Å². The second-order valence-electron chi connectivity index (χ2n) is 4.95. The van der Waals surface area contributed by atoms with Gasteiger partial charge in [-0.15, -0.1) is 6.07 Å². The van der Waals surface area contributed by atoms with Crippen LogP contribution in [0.4, 0.5) is 0 Å². The Bertz CT molecular complexity index is 899. The molecule has 2 aromatic heterocycles. The zero-order chi connectivity index (χ0) is 16.1. The summed E-state index contributed by atoms with van der Waals surface area (Å²) in [5.41, 5.74) is 1.54. The van der Waals surface area contributed by atoms with Crippen molar-refractivity contribution in [2.45, 2.75) is 6.92 Å². The van der Waals surface area contributed by atoms with Crippen molar-refractivity contribution >= 4 is 16.6 Å². The van der Waals surface area contributed by atoms with Crippen LogP contribution in [0.1, 0.15) is 17.4 Å². The molecule has 5 heteroatoms. The van der Waals surface area contributed by atoms with Gasteiger partial charge in [0.15, 0.2) is 0 Å². The Morgan fingerprint density at radius 1 is 1.12 bits per heavy atom. The molecular weight excluding hydrogens is 478 g/mol. The predicted octanol–water partition coefficient (Wildman–Crippen LogP) is 3.67. The normalized spacial score (nSPS) is 9.71. The zero-order valence-corrected chi connectivity index (χ0v) is 15.4. The molecule has 2 heterocycles. The summed E-state index contributed by atoms with van der Waals surface area (Å²) in [5.74, 6) is 0.0243. The minimum atomic E-state index is 0. The van der Waals surface area contributed by atoms with Crippen LogP contribution in [0.15, 0.2) is 73.2 Å². The molecule has 0 atom stereocenters. The van der Waals surface area contributed by atoms with Crippen molar-refractivity contribution in [2.75, 3.05) is 0 Å². The molecule has 24 heavy (non-hydrogen) atoms. The van der Waals surface area contributed by atoms with Gasteiger partial charge in [-0.1, -0.05) is 30.0 Å². The first kappa shape index (κ1) is 17.9. The number of para-hydroxylation sites is 1. The van der Waals surface area contributed by atoms with Gasteiger partial charge in [0.05, 0.1) is 0 Å². The molecule has 4 nitrogen and oxygen atoms in total. The molecule has 123 valence electrons. The Morgan fingerprint density at radius 2 is 1.92 bits per heavy atom. The average molecular weight is 494 g/mol. The summed E-state index contributed by atoms with van der Waals surface area (Å²) >= 11 is 0. The number of nitrogens with zero attached hydrogens (tertiary/aromatic N) is 3. The van der Waals surface area contributed by atoms with Crippen LogP contribution >= 0.6 is 0 Å². The Kier molecular flexibility index (Phi) is 6.24. The van der Waals surface area contributed by atoms with E-state index in [1.54, 1.807) is 17.1 Å². The summed E-state index contributed by atoms with van der Waals surface area (Å²) in [6.45, 7) is 1.54. The minimum absolute atomic E-state index is 0. The van der Waals surface area contributed by atoms with E-state index < -0.39 is 0 Å². The fourth-order valence-electron chi connectivity index (χ4n) is 2.25. The van der Waals surface area contributed by atoms with Gasteiger partial charge in [-0.3, -0.25) is 9.48 Å². The zero-order valence-electron chi connectivity index (χ0n) is 13.0. The van der Waals surface area contributed by atoms with Gasteiger partial charge in [0.25, 0.3) is 0 Å². The maximum atomic E-state index is 11.1. The Balaban J connectivity index is 0.000000167. The van der Waals surface area contributed by atoms with Crippen molar-refractivity contribution in [1.29, 1.82) is 0 Å². The summed E-state index contributed by atoms with van der Waals surface area (Å²) in [7, 11) is 0. The van der Waals surface area contributed by atoms with Crippen LogP contribution in [-0.4, -0.2) is 15.6 Å². The molecule has 0 unspecified atom stereocenters. The maximum Gasteiger partial charge on any atom is 0.138 e. The second kappa shape index (κ2) is 8.39. The van der Waals surface area contributed by atoms with E-state index >= 15 is 0 Å². The number of carbonyl (C=O) groups excluding carboxylic acids is 1. The van der Waals surface area contributed by atoms with Gasteiger partial charge in [0.1, 0.15) is 5.78 Å². The van der Waals surface area contributed by atoms with Crippen LogP contribution in [0.25, 0.3) is 16.5 Å². The fraction of sp³-hybridized carbons (Fsp3) is 0.0526. The van der Waals surface area contributed by atoms with Gasteiger partial charge >= 0.3 is 0 Å². The van der Waals surface area contributed by atoms with E-state index in [-0.39, 0.29) is 25.9 Å². The molecule has 4 rings (SSSR count). The summed E-state index contributed by atoms with van der Waals surface area (Å²) < 4.78 is 1.78. The van der Waals surface area contributed by atoms with Crippen LogP contribution in [0, 0.1) is 6.07 Å². The van der Waals surface area contributed by atoms with Gasteiger partial charge in [-0.05, 0) is 29.4 Å². The van der Waals surface area contributed by atoms with Gasteiger partial charge in [-0.25, -0.2) is 0 Å². The quantitative estimate of drug-likeness (QED) is 0.316. The van der Waals surface area contributed by atoms with Crippen LogP contribution in [0.3, 0.4) is 0 Å². The summed E-state index contributed by atoms with van der Waals surface area (Å²) in [5, 5.41) is 6.05. The van der Waals surface area contributed by atoms with Crippen LogP contribution in [-0.2, 0) is 20.1 Å². The van der Waals surface area contributed by atoms with E-state index in [1.165, 1.54) is 6.92 Å². The van der Waals surface area contributed by atoms with Crippen molar-refractivity contribution in [2.24, 2.45) is 0 Å². The van der Waals surface area contributed by atoms with Crippen molar-refractivity contribution in [1.82, 2.24) is 14.8 Å². The number of aromatic nitrogens is 3. The monoisotopic (exact) mass is 494 g/mol. The molecule has 0 fully saturated rings.